The molecule has 2 rings (SSSR count). The molecule has 0 aromatic heterocycles. The maximum atomic E-state index is 12.0. The van der Waals surface area contributed by atoms with Gasteiger partial charge in [0.25, 0.3) is 5.91 Å². The second-order valence-corrected chi connectivity index (χ2v) is 5.69. The van der Waals surface area contributed by atoms with Crippen LogP contribution in [0.15, 0.2) is 24.3 Å². The van der Waals surface area contributed by atoms with Gasteiger partial charge in [-0.2, -0.15) is 0 Å². The lowest BCUT2D eigenvalue weighted by Crippen LogP contribution is -2.40. The monoisotopic (exact) mass is 289 g/mol. The van der Waals surface area contributed by atoms with Crippen LogP contribution in [-0.2, 0) is 16.0 Å². The number of carbonyl (C=O) groups is 2. The van der Waals surface area contributed by atoms with Gasteiger partial charge in [0.05, 0.1) is 5.56 Å². The lowest BCUT2D eigenvalue weighted by atomic mass is 9.99. The number of benzene rings is 1. The molecule has 0 aliphatic carbocycles. The number of piperidine rings is 1. The van der Waals surface area contributed by atoms with Gasteiger partial charge in [-0.3, -0.25) is 4.79 Å². The Hall–Kier alpha value is -1.84. The van der Waals surface area contributed by atoms with Crippen LogP contribution in [0.2, 0.25) is 0 Å². The number of likely N-dealkylation sites (tertiary alicyclic amines) is 1. The molecule has 1 aromatic rings. The van der Waals surface area contributed by atoms with Gasteiger partial charge in [0, 0.05) is 13.1 Å². The SMILES string of the molecule is CCc1ccc(C(=O)OCC(=O)N2CCC(C)CC2)cc1. The number of nitrogens with zero attached hydrogens (tertiary/aromatic N) is 1. The molecule has 1 aromatic carbocycles. The van der Waals surface area contributed by atoms with E-state index >= 15 is 0 Å². The molecule has 0 saturated carbocycles. The zero-order chi connectivity index (χ0) is 15.2. The van der Waals surface area contributed by atoms with E-state index in [1.807, 2.05) is 12.1 Å². The molecule has 1 saturated heterocycles. The van der Waals surface area contributed by atoms with Gasteiger partial charge in [-0.1, -0.05) is 26.0 Å². The predicted octanol–water partition coefficient (Wildman–Crippen LogP) is 2.66. The van der Waals surface area contributed by atoms with E-state index in [9.17, 15) is 9.59 Å². The molecule has 1 fully saturated rings. The summed E-state index contributed by atoms with van der Waals surface area (Å²) in [5, 5.41) is 0. The van der Waals surface area contributed by atoms with E-state index < -0.39 is 5.97 Å². The van der Waals surface area contributed by atoms with Gasteiger partial charge in [0.1, 0.15) is 0 Å². The Balaban J connectivity index is 1.81. The summed E-state index contributed by atoms with van der Waals surface area (Å²) in [6.45, 7) is 5.63. The maximum absolute atomic E-state index is 12.0. The molecule has 0 unspecified atom stereocenters. The summed E-state index contributed by atoms with van der Waals surface area (Å²) in [6.07, 6.45) is 2.98. The van der Waals surface area contributed by atoms with E-state index in [4.69, 9.17) is 4.74 Å². The minimum absolute atomic E-state index is 0.0968. The molecule has 0 radical (unpaired) electrons. The Morgan fingerprint density at radius 2 is 1.81 bits per heavy atom. The maximum Gasteiger partial charge on any atom is 0.338 e. The van der Waals surface area contributed by atoms with Crippen molar-refractivity contribution in [1.82, 2.24) is 4.90 Å². The summed E-state index contributed by atoms with van der Waals surface area (Å²) < 4.78 is 5.11. The van der Waals surface area contributed by atoms with Crippen molar-refractivity contribution in [3.63, 3.8) is 0 Å². The average Bonchev–Trinajstić information content (AvgIpc) is 2.53. The van der Waals surface area contributed by atoms with Gasteiger partial charge >= 0.3 is 5.97 Å². The van der Waals surface area contributed by atoms with Gasteiger partial charge in [-0.15, -0.1) is 0 Å². The molecule has 4 nitrogen and oxygen atoms in total. The second kappa shape index (κ2) is 7.25. The largest absolute Gasteiger partial charge is 0.452 e. The van der Waals surface area contributed by atoms with Crippen LogP contribution in [0.1, 0.15) is 42.6 Å². The zero-order valence-corrected chi connectivity index (χ0v) is 12.8. The molecule has 0 N–H and O–H groups in total. The smallest absolute Gasteiger partial charge is 0.338 e. The first-order valence-corrected chi connectivity index (χ1v) is 7.64. The molecular formula is C17H23NO3. The van der Waals surface area contributed by atoms with E-state index in [2.05, 4.69) is 13.8 Å². The molecule has 114 valence electrons. The topological polar surface area (TPSA) is 46.6 Å². The Morgan fingerprint density at radius 3 is 2.38 bits per heavy atom. The van der Waals surface area contributed by atoms with Crippen LogP contribution in [0.4, 0.5) is 0 Å². The molecular weight excluding hydrogens is 266 g/mol. The van der Waals surface area contributed by atoms with Crippen LogP contribution in [-0.4, -0.2) is 36.5 Å². The van der Waals surface area contributed by atoms with Crippen molar-refractivity contribution < 1.29 is 14.3 Å². The van der Waals surface area contributed by atoms with Crippen LogP contribution in [0.3, 0.4) is 0 Å². The molecule has 1 heterocycles. The van der Waals surface area contributed by atoms with E-state index in [0.717, 1.165) is 32.4 Å². The Kier molecular flexibility index (Phi) is 5.37. The zero-order valence-electron chi connectivity index (χ0n) is 12.8. The Bertz CT molecular complexity index is 487. The highest BCUT2D eigenvalue weighted by atomic mass is 16.5. The summed E-state index contributed by atoms with van der Waals surface area (Å²) in [7, 11) is 0. The molecule has 0 bridgehead atoms. The van der Waals surface area contributed by atoms with Crippen molar-refractivity contribution in [3.8, 4) is 0 Å². The van der Waals surface area contributed by atoms with Crippen molar-refractivity contribution in [1.29, 1.82) is 0 Å². The van der Waals surface area contributed by atoms with Crippen molar-refractivity contribution in [2.75, 3.05) is 19.7 Å². The van der Waals surface area contributed by atoms with E-state index in [0.29, 0.717) is 11.5 Å². The van der Waals surface area contributed by atoms with Gasteiger partial charge in [0.15, 0.2) is 6.61 Å². The third kappa shape index (κ3) is 4.31. The van der Waals surface area contributed by atoms with E-state index in [-0.39, 0.29) is 12.5 Å². The highest BCUT2D eigenvalue weighted by Crippen LogP contribution is 2.16. The number of aryl methyl sites for hydroxylation is 1. The highest BCUT2D eigenvalue weighted by Gasteiger charge is 2.21. The van der Waals surface area contributed by atoms with Crippen molar-refractivity contribution in [2.45, 2.75) is 33.1 Å². The van der Waals surface area contributed by atoms with Crippen LogP contribution in [0.5, 0.6) is 0 Å². The number of amides is 1. The third-order valence-electron chi connectivity index (χ3n) is 4.06. The van der Waals surface area contributed by atoms with Gasteiger partial charge in [0.2, 0.25) is 0 Å². The molecule has 21 heavy (non-hydrogen) atoms. The minimum atomic E-state index is -0.434. The van der Waals surface area contributed by atoms with Crippen molar-refractivity contribution in [3.05, 3.63) is 35.4 Å². The lowest BCUT2D eigenvalue weighted by molar-refractivity contribution is -0.135. The van der Waals surface area contributed by atoms with Crippen molar-refractivity contribution in [2.24, 2.45) is 5.92 Å². The fourth-order valence-corrected chi connectivity index (χ4v) is 2.44. The Morgan fingerprint density at radius 1 is 1.19 bits per heavy atom. The standard InChI is InChI=1S/C17H23NO3/c1-3-14-4-6-15(7-5-14)17(20)21-12-16(19)18-10-8-13(2)9-11-18/h4-7,13H,3,8-12H2,1-2H3. The second-order valence-electron chi connectivity index (χ2n) is 5.69. The van der Waals surface area contributed by atoms with E-state index in [1.54, 1.807) is 17.0 Å². The van der Waals surface area contributed by atoms with Crippen molar-refractivity contribution >= 4 is 11.9 Å². The quantitative estimate of drug-likeness (QED) is 0.801. The van der Waals surface area contributed by atoms with E-state index in [1.165, 1.54) is 5.56 Å². The number of carbonyl (C=O) groups excluding carboxylic acids is 2. The summed E-state index contributed by atoms with van der Waals surface area (Å²) in [6, 6.07) is 7.30. The summed E-state index contributed by atoms with van der Waals surface area (Å²) >= 11 is 0. The Labute approximate surface area is 126 Å². The first kappa shape index (κ1) is 15.5. The molecule has 1 amide bonds. The lowest BCUT2D eigenvalue weighted by Gasteiger charge is -2.30. The normalized spacial score (nSPS) is 15.8. The minimum Gasteiger partial charge on any atom is -0.452 e. The van der Waals surface area contributed by atoms with Crippen LogP contribution < -0.4 is 0 Å². The van der Waals surface area contributed by atoms with Gasteiger partial charge in [-0.05, 0) is 42.9 Å². The van der Waals surface area contributed by atoms with Crippen LogP contribution >= 0.6 is 0 Å². The molecule has 1 aliphatic rings. The van der Waals surface area contributed by atoms with Gasteiger partial charge < -0.3 is 9.64 Å². The molecule has 0 spiro atoms. The fraction of sp³-hybridized carbons (Fsp3) is 0.529. The number of hydrogen-bond donors (Lipinski definition) is 0. The highest BCUT2D eigenvalue weighted by molar-refractivity contribution is 5.91. The summed E-state index contributed by atoms with van der Waals surface area (Å²) in [4.78, 5) is 25.7. The number of hydrogen-bond acceptors (Lipinski definition) is 3. The van der Waals surface area contributed by atoms with Crippen LogP contribution in [0, 0.1) is 5.92 Å². The third-order valence-corrected chi connectivity index (χ3v) is 4.06. The summed E-state index contributed by atoms with van der Waals surface area (Å²) in [5.41, 5.74) is 1.66. The number of esters is 1. The number of rotatable bonds is 4. The van der Waals surface area contributed by atoms with Crippen LogP contribution in [0.25, 0.3) is 0 Å². The first-order chi connectivity index (χ1) is 10.1. The first-order valence-electron chi connectivity index (χ1n) is 7.64. The fourth-order valence-electron chi connectivity index (χ4n) is 2.44. The average molecular weight is 289 g/mol. The molecule has 4 heteroatoms. The predicted molar refractivity (Wildman–Crippen MR) is 81.1 cm³/mol. The molecule has 1 aliphatic heterocycles. The molecule has 0 atom stereocenters. The summed E-state index contributed by atoms with van der Waals surface area (Å²) in [5.74, 6) is 0.144. The number of ether oxygens (including phenoxy) is 1. The van der Waals surface area contributed by atoms with Gasteiger partial charge in [-0.25, -0.2) is 4.79 Å².